The van der Waals surface area contributed by atoms with Gasteiger partial charge >= 0.3 is 0 Å². The first-order valence-electron chi connectivity index (χ1n) is 13.8. The number of primary amides is 1. The minimum Gasteiger partial charge on any atom is -0.379 e. The lowest BCUT2D eigenvalue weighted by Crippen LogP contribution is -2.53. The number of hydrogen-bond donors (Lipinski definition) is 1. The molecule has 0 unspecified atom stereocenters. The molecule has 2 N–H and O–H groups in total. The van der Waals surface area contributed by atoms with Gasteiger partial charge in [0, 0.05) is 37.1 Å². The van der Waals surface area contributed by atoms with E-state index in [1.165, 1.54) is 0 Å². The Bertz CT molecular complexity index is 1390. The highest BCUT2D eigenvalue weighted by atomic mass is 35.5. The maximum atomic E-state index is 14.5. The molecule has 3 aromatic carbocycles. The standard InChI is InChI=1S/C31H35ClN4O4/c1-21-12-13-35(27(30(33)38)19-23-8-4-7-22-6-2-3-11-26(22)23)31(39)29(24-9-5-10-25(32)18-24)36(21)28(37)20-34-14-16-40-17-15-34/h2-11,18,21,27,29H,12-17,19-20H2,1H3,(H2,33,38)/t21-,27-,29+/m1/s1. The summed E-state index contributed by atoms with van der Waals surface area (Å²) in [5, 5.41) is 2.54. The molecular weight excluding hydrogens is 528 g/mol. The number of halogens is 1. The van der Waals surface area contributed by atoms with E-state index in [4.69, 9.17) is 22.1 Å². The predicted octanol–water partition coefficient (Wildman–Crippen LogP) is 3.41. The summed E-state index contributed by atoms with van der Waals surface area (Å²) >= 11 is 6.36. The molecule has 2 aliphatic heterocycles. The van der Waals surface area contributed by atoms with Gasteiger partial charge in [-0.15, -0.1) is 0 Å². The molecule has 0 bridgehead atoms. The fourth-order valence-corrected chi connectivity index (χ4v) is 6.06. The van der Waals surface area contributed by atoms with Gasteiger partial charge in [-0.25, -0.2) is 0 Å². The summed E-state index contributed by atoms with van der Waals surface area (Å²) in [7, 11) is 0. The lowest BCUT2D eigenvalue weighted by atomic mass is 9.96. The van der Waals surface area contributed by atoms with Crippen molar-refractivity contribution in [2.75, 3.05) is 39.4 Å². The zero-order chi connectivity index (χ0) is 28.2. The summed E-state index contributed by atoms with van der Waals surface area (Å²) in [5.41, 5.74) is 7.53. The first-order valence-corrected chi connectivity index (χ1v) is 14.1. The van der Waals surface area contributed by atoms with Crippen molar-refractivity contribution >= 4 is 40.1 Å². The molecule has 2 fully saturated rings. The third-order valence-electron chi connectivity index (χ3n) is 7.97. The van der Waals surface area contributed by atoms with E-state index < -0.39 is 18.0 Å². The zero-order valence-electron chi connectivity index (χ0n) is 22.7. The van der Waals surface area contributed by atoms with Crippen molar-refractivity contribution in [3.63, 3.8) is 0 Å². The summed E-state index contributed by atoms with van der Waals surface area (Å²) in [5.74, 6) is -1.04. The molecule has 0 aromatic heterocycles. The van der Waals surface area contributed by atoms with Crippen LogP contribution in [0.4, 0.5) is 0 Å². The van der Waals surface area contributed by atoms with E-state index in [1.54, 1.807) is 28.0 Å². The molecule has 2 saturated heterocycles. The van der Waals surface area contributed by atoms with Gasteiger partial charge in [-0.1, -0.05) is 66.2 Å². The van der Waals surface area contributed by atoms with Crippen molar-refractivity contribution in [2.24, 2.45) is 5.73 Å². The van der Waals surface area contributed by atoms with Crippen molar-refractivity contribution in [3.8, 4) is 0 Å². The van der Waals surface area contributed by atoms with Crippen LogP contribution in [0.15, 0.2) is 66.7 Å². The first kappa shape index (κ1) is 28.1. The summed E-state index contributed by atoms with van der Waals surface area (Å²) in [6.07, 6.45) is 0.789. The maximum Gasteiger partial charge on any atom is 0.250 e. The van der Waals surface area contributed by atoms with Crippen molar-refractivity contribution in [1.29, 1.82) is 0 Å². The smallest absolute Gasteiger partial charge is 0.250 e. The third-order valence-corrected chi connectivity index (χ3v) is 8.21. The Labute approximate surface area is 239 Å². The molecule has 0 saturated carbocycles. The van der Waals surface area contributed by atoms with E-state index in [0.29, 0.717) is 49.9 Å². The molecule has 5 rings (SSSR count). The van der Waals surface area contributed by atoms with Gasteiger partial charge in [0.2, 0.25) is 11.8 Å². The number of carbonyl (C=O) groups excluding carboxylic acids is 3. The van der Waals surface area contributed by atoms with Crippen LogP contribution in [0, 0.1) is 0 Å². The van der Waals surface area contributed by atoms with Gasteiger partial charge in [0.05, 0.1) is 19.8 Å². The second-order valence-electron chi connectivity index (χ2n) is 10.6. The van der Waals surface area contributed by atoms with Gasteiger partial charge in [0.1, 0.15) is 12.1 Å². The van der Waals surface area contributed by atoms with Gasteiger partial charge in [-0.2, -0.15) is 0 Å². The highest BCUT2D eigenvalue weighted by molar-refractivity contribution is 6.30. The van der Waals surface area contributed by atoms with Crippen LogP contribution in [-0.2, 0) is 25.5 Å². The Balaban J connectivity index is 1.51. The largest absolute Gasteiger partial charge is 0.379 e. The van der Waals surface area contributed by atoms with Crippen LogP contribution >= 0.6 is 11.6 Å². The van der Waals surface area contributed by atoms with Crippen molar-refractivity contribution < 1.29 is 19.1 Å². The molecule has 210 valence electrons. The maximum absolute atomic E-state index is 14.5. The Morgan fingerprint density at radius 2 is 1.75 bits per heavy atom. The molecule has 3 amide bonds. The lowest BCUT2D eigenvalue weighted by molar-refractivity contribution is -0.149. The van der Waals surface area contributed by atoms with Gasteiger partial charge < -0.3 is 20.3 Å². The van der Waals surface area contributed by atoms with Crippen molar-refractivity contribution in [2.45, 2.75) is 37.9 Å². The van der Waals surface area contributed by atoms with E-state index in [1.807, 2.05) is 60.4 Å². The van der Waals surface area contributed by atoms with Gasteiger partial charge in [-0.05, 0) is 47.4 Å². The van der Waals surface area contributed by atoms with Crippen LogP contribution in [-0.4, -0.2) is 83.9 Å². The fraction of sp³-hybridized carbons (Fsp3) is 0.387. The summed E-state index contributed by atoms with van der Waals surface area (Å²) < 4.78 is 5.44. The van der Waals surface area contributed by atoms with Crippen LogP contribution in [0.3, 0.4) is 0 Å². The number of carbonyl (C=O) groups is 3. The molecular formula is C31H35ClN4O4. The summed E-state index contributed by atoms with van der Waals surface area (Å²) in [6, 6.07) is 18.9. The Morgan fingerprint density at radius 1 is 1.02 bits per heavy atom. The molecule has 2 aliphatic rings. The molecule has 40 heavy (non-hydrogen) atoms. The highest BCUT2D eigenvalue weighted by Crippen LogP contribution is 2.33. The van der Waals surface area contributed by atoms with Crippen molar-refractivity contribution in [3.05, 3.63) is 82.9 Å². The monoisotopic (exact) mass is 562 g/mol. The number of rotatable bonds is 7. The van der Waals surface area contributed by atoms with Gasteiger partial charge in [-0.3, -0.25) is 19.3 Å². The summed E-state index contributed by atoms with van der Waals surface area (Å²) in [6.45, 7) is 4.90. The van der Waals surface area contributed by atoms with Crippen LogP contribution in [0.2, 0.25) is 5.02 Å². The number of hydrogen-bond acceptors (Lipinski definition) is 5. The van der Waals surface area contributed by atoms with E-state index >= 15 is 0 Å². The average molecular weight is 563 g/mol. The van der Waals surface area contributed by atoms with E-state index in [0.717, 1.165) is 16.3 Å². The number of amides is 3. The molecule has 3 aromatic rings. The second-order valence-corrected chi connectivity index (χ2v) is 11.0. The van der Waals surface area contributed by atoms with Crippen molar-refractivity contribution in [1.82, 2.24) is 14.7 Å². The average Bonchev–Trinajstić information content (AvgIpc) is 3.07. The molecule has 9 heteroatoms. The zero-order valence-corrected chi connectivity index (χ0v) is 23.4. The Hall–Kier alpha value is -3.46. The first-order chi connectivity index (χ1) is 19.3. The third kappa shape index (κ3) is 5.99. The predicted molar refractivity (Wildman–Crippen MR) is 155 cm³/mol. The fourth-order valence-electron chi connectivity index (χ4n) is 5.86. The summed E-state index contributed by atoms with van der Waals surface area (Å²) in [4.78, 5) is 46.6. The normalized spacial score (nSPS) is 21.3. The van der Waals surface area contributed by atoms with Crippen LogP contribution in [0.1, 0.15) is 30.5 Å². The topological polar surface area (TPSA) is 96.2 Å². The van der Waals surface area contributed by atoms with E-state index in [2.05, 4.69) is 0 Å². The highest BCUT2D eigenvalue weighted by Gasteiger charge is 2.43. The molecule has 0 aliphatic carbocycles. The molecule has 8 nitrogen and oxygen atoms in total. The van der Waals surface area contributed by atoms with Crippen LogP contribution in [0.25, 0.3) is 10.8 Å². The van der Waals surface area contributed by atoms with Gasteiger partial charge in [0.25, 0.3) is 5.91 Å². The van der Waals surface area contributed by atoms with Gasteiger partial charge in [0.15, 0.2) is 0 Å². The minimum absolute atomic E-state index is 0.140. The molecule has 0 spiro atoms. The molecule has 2 heterocycles. The van der Waals surface area contributed by atoms with E-state index in [-0.39, 0.29) is 30.8 Å². The number of nitrogens with zero attached hydrogens (tertiary/aromatic N) is 3. The number of ether oxygens (including phenoxy) is 1. The number of nitrogens with two attached hydrogens (primary N) is 1. The van der Waals surface area contributed by atoms with Crippen LogP contribution < -0.4 is 5.73 Å². The number of benzene rings is 3. The number of morpholine rings is 1. The molecule has 3 atom stereocenters. The van der Waals surface area contributed by atoms with Crippen LogP contribution in [0.5, 0.6) is 0 Å². The lowest BCUT2D eigenvalue weighted by Gasteiger charge is -2.37. The van der Waals surface area contributed by atoms with E-state index in [9.17, 15) is 14.4 Å². The minimum atomic E-state index is -0.931. The number of fused-ring (bicyclic) bond motifs is 1. The second kappa shape index (κ2) is 12.4. The Kier molecular flexibility index (Phi) is 8.69. The quantitative estimate of drug-likeness (QED) is 0.476. The SMILES string of the molecule is C[C@@H]1CCN([C@H](Cc2cccc3ccccc23)C(N)=O)C(=O)[C@H](c2cccc(Cl)c2)N1C(=O)CN1CCOCC1. The molecule has 0 radical (unpaired) electrons. The Morgan fingerprint density at radius 3 is 2.50 bits per heavy atom.